The number of aryl methyl sites for hydroxylation is 1. The highest BCUT2D eigenvalue weighted by Crippen LogP contribution is 2.25. The van der Waals surface area contributed by atoms with Crippen LogP contribution in [0.3, 0.4) is 0 Å². The Kier molecular flexibility index (Phi) is 8.40. The number of halogens is 4. The number of nitrogens with zero attached hydrogens (tertiary/aromatic N) is 1. The third-order valence-electron chi connectivity index (χ3n) is 4.01. The predicted octanol–water partition coefficient (Wildman–Crippen LogP) is 3.62. The van der Waals surface area contributed by atoms with Gasteiger partial charge in [0, 0.05) is 23.9 Å². The molecular formula is C17H21Cl2F2N3OS. The number of aromatic nitrogens is 1. The SMILES string of the molecule is Cc1nc(-c2ccc(CCNC(=O)C3CC(F)(F)CN3)cc2)cs1.Cl.Cl. The Labute approximate surface area is 167 Å². The van der Waals surface area contributed by atoms with E-state index in [1.54, 1.807) is 11.3 Å². The van der Waals surface area contributed by atoms with Gasteiger partial charge in [0.2, 0.25) is 5.91 Å². The maximum atomic E-state index is 13.1. The van der Waals surface area contributed by atoms with Crippen molar-refractivity contribution in [2.45, 2.75) is 31.7 Å². The molecule has 1 saturated heterocycles. The van der Waals surface area contributed by atoms with Crippen molar-refractivity contribution in [1.82, 2.24) is 15.6 Å². The fourth-order valence-electron chi connectivity index (χ4n) is 2.69. The van der Waals surface area contributed by atoms with Gasteiger partial charge in [0.15, 0.2) is 0 Å². The number of hydrogen-bond acceptors (Lipinski definition) is 4. The van der Waals surface area contributed by atoms with E-state index in [0.29, 0.717) is 13.0 Å². The summed E-state index contributed by atoms with van der Waals surface area (Å²) in [7, 11) is 0. The van der Waals surface area contributed by atoms with Crippen LogP contribution in [0.4, 0.5) is 8.78 Å². The van der Waals surface area contributed by atoms with Crippen molar-refractivity contribution in [3.63, 3.8) is 0 Å². The summed E-state index contributed by atoms with van der Waals surface area (Å²) in [6.45, 7) is 1.97. The summed E-state index contributed by atoms with van der Waals surface area (Å²) in [6, 6.07) is 7.21. The first-order valence-electron chi connectivity index (χ1n) is 7.83. The third kappa shape index (κ3) is 5.87. The number of hydrogen-bond donors (Lipinski definition) is 2. The molecule has 1 aromatic carbocycles. The van der Waals surface area contributed by atoms with Gasteiger partial charge in [-0.1, -0.05) is 24.3 Å². The summed E-state index contributed by atoms with van der Waals surface area (Å²) in [5.74, 6) is -3.15. The summed E-state index contributed by atoms with van der Waals surface area (Å²) in [6.07, 6.45) is 0.228. The fraction of sp³-hybridized carbons (Fsp3) is 0.412. The number of carbonyl (C=O) groups excluding carboxylic acids is 1. The van der Waals surface area contributed by atoms with E-state index in [2.05, 4.69) is 15.6 Å². The fourth-order valence-corrected chi connectivity index (χ4v) is 3.31. The van der Waals surface area contributed by atoms with Gasteiger partial charge in [0.05, 0.1) is 23.3 Å². The van der Waals surface area contributed by atoms with Crippen molar-refractivity contribution in [3.05, 3.63) is 40.2 Å². The van der Waals surface area contributed by atoms with E-state index in [4.69, 9.17) is 0 Å². The first-order chi connectivity index (χ1) is 11.4. The van der Waals surface area contributed by atoms with Crippen LogP contribution in [0.1, 0.15) is 17.0 Å². The molecule has 0 aliphatic carbocycles. The Hall–Kier alpha value is -1.28. The monoisotopic (exact) mass is 423 g/mol. The largest absolute Gasteiger partial charge is 0.354 e. The molecule has 0 bridgehead atoms. The lowest BCUT2D eigenvalue weighted by Crippen LogP contribution is -2.41. The van der Waals surface area contributed by atoms with Crippen LogP contribution < -0.4 is 10.6 Å². The van der Waals surface area contributed by atoms with Crippen LogP contribution in [0.15, 0.2) is 29.6 Å². The number of rotatable bonds is 5. The summed E-state index contributed by atoms with van der Waals surface area (Å²) >= 11 is 1.61. The highest BCUT2D eigenvalue weighted by Gasteiger charge is 2.42. The van der Waals surface area contributed by atoms with Gasteiger partial charge in [0.25, 0.3) is 5.92 Å². The van der Waals surface area contributed by atoms with E-state index in [0.717, 1.165) is 21.8 Å². The molecule has 1 aromatic heterocycles. The van der Waals surface area contributed by atoms with E-state index in [1.165, 1.54) is 0 Å². The van der Waals surface area contributed by atoms with Gasteiger partial charge >= 0.3 is 0 Å². The van der Waals surface area contributed by atoms with Gasteiger partial charge in [-0.2, -0.15) is 0 Å². The lowest BCUT2D eigenvalue weighted by atomic mass is 10.1. The summed E-state index contributed by atoms with van der Waals surface area (Å²) < 4.78 is 26.1. The van der Waals surface area contributed by atoms with Gasteiger partial charge in [-0.05, 0) is 18.9 Å². The number of amides is 1. The number of carbonyl (C=O) groups is 1. The van der Waals surface area contributed by atoms with E-state index in [9.17, 15) is 13.6 Å². The standard InChI is InChI=1S/C17H19F2N3OS.2ClH/c1-11-22-15(9-24-11)13-4-2-12(3-5-13)6-7-20-16(23)14-8-17(18,19)10-21-14;;/h2-5,9,14,21H,6-8,10H2,1H3,(H,20,23);2*1H. The Balaban J connectivity index is 0.00000169. The second kappa shape index (κ2) is 9.60. The zero-order chi connectivity index (χ0) is 17.2. The average Bonchev–Trinajstić information content (AvgIpc) is 3.13. The molecule has 144 valence electrons. The maximum absolute atomic E-state index is 13.1. The summed E-state index contributed by atoms with van der Waals surface area (Å²) in [5.41, 5.74) is 3.10. The number of nitrogens with one attached hydrogen (secondary N) is 2. The second-order valence-corrected chi connectivity index (χ2v) is 7.05. The first kappa shape index (κ1) is 22.8. The molecular weight excluding hydrogens is 403 g/mol. The topological polar surface area (TPSA) is 54.0 Å². The molecule has 3 rings (SSSR count). The summed E-state index contributed by atoms with van der Waals surface area (Å²) in [4.78, 5) is 16.3. The molecule has 9 heteroatoms. The number of thiazole rings is 1. The van der Waals surface area contributed by atoms with Crippen LogP contribution in [-0.2, 0) is 11.2 Å². The smallest absolute Gasteiger partial charge is 0.262 e. The molecule has 0 radical (unpaired) electrons. The molecule has 1 amide bonds. The van der Waals surface area contributed by atoms with Gasteiger partial charge in [-0.3, -0.25) is 10.1 Å². The normalized spacial score (nSPS) is 17.9. The van der Waals surface area contributed by atoms with Gasteiger partial charge in [-0.15, -0.1) is 36.2 Å². The molecule has 1 fully saturated rings. The highest BCUT2D eigenvalue weighted by molar-refractivity contribution is 7.09. The molecule has 1 aliphatic rings. The van der Waals surface area contributed by atoms with Crippen molar-refractivity contribution in [2.75, 3.05) is 13.1 Å². The van der Waals surface area contributed by atoms with Crippen LogP contribution >= 0.6 is 36.2 Å². The predicted molar refractivity (Wildman–Crippen MR) is 105 cm³/mol. The first-order valence-corrected chi connectivity index (χ1v) is 8.71. The Morgan fingerprint density at radius 3 is 2.58 bits per heavy atom. The van der Waals surface area contributed by atoms with Crippen LogP contribution in [0.5, 0.6) is 0 Å². The summed E-state index contributed by atoms with van der Waals surface area (Å²) in [5, 5.41) is 8.32. The minimum atomic E-state index is -2.79. The molecule has 2 aromatic rings. The van der Waals surface area contributed by atoms with E-state index < -0.39 is 24.9 Å². The van der Waals surface area contributed by atoms with E-state index in [-0.39, 0.29) is 30.7 Å². The van der Waals surface area contributed by atoms with Crippen LogP contribution in [0.25, 0.3) is 11.3 Å². The van der Waals surface area contributed by atoms with Gasteiger partial charge in [-0.25, -0.2) is 13.8 Å². The lowest BCUT2D eigenvalue weighted by molar-refractivity contribution is -0.123. The molecule has 1 aliphatic heterocycles. The van der Waals surface area contributed by atoms with Gasteiger partial charge < -0.3 is 5.32 Å². The molecule has 2 N–H and O–H groups in total. The number of alkyl halides is 2. The minimum absolute atomic E-state index is 0. The molecule has 2 heterocycles. The van der Waals surface area contributed by atoms with Crippen LogP contribution in [0, 0.1) is 6.92 Å². The highest BCUT2D eigenvalue weighted by atomic mass is 35.5. The van der Waals surface area contributed by atoms with E-state index >= 15 is 0 Å². The zero-order valence-corrected chi connectivity index (χ0v) is 16.6. The van der Waals surface area contributed by atoms with Crippen molar-refractivity contribution in [2.24, 2.45) is 0 Å². The minimum Gasteiger partial charge on any atom is -0.354 e. The van der Waals surface area contributed by atoms with Crippen molar-refractivity contribution in [3.8, 4) is 11.3 Å². The molecule has 1 unspecified atom stereocenters. The average molecular weight is 424 g/mol. The second-order valence-electron chi connectivity index (χ2n) is 5.98. The molecule has 4 nitrogen and oxygen atoms in total. The van der Waals surface area contributed by atoms with E-state index in [1.807, 2.05) is 36.6 Å². The van der Waals surface area contributed by atoms with Crippen LogP contribution in [-0.4, -0.2) is 35.9 Å². The molecule has 1 atom stereocenters. The Bertz CT molecular complexity index is 725. The zero-order valence-electron chi connectivity index (χ0n) is 14.1. The Morgan fingerprint density at radius 2 is 2.04 bits per heavy atom. The van der Waals surface area contributed by atoms with Crippen LogP contribution in [0.2, 0.25) is 0 Å². The molecule has 0 spiro atoms. The van der Waals surface area contributed by atoms with Gasteiger partial charge in [0.1, 0.15) is 0 Å². The lowest BCUT2D eigenvalue weighted by Gasteiger charge is -2.11. The van der Waals surface area contributed by atoms with Crippen molar-refractivity contribution < 1.29 is 13.6 Å². The Morgan fingerprint density at radius 1 is 1.35 bits per heavy atom. The molecule has 26 heavy (non-hydrogen) atoms. The third-order valence-corrected chi connectivity index (χ3v) is 4.78. The number of benzene rings is 1. The maximum Gasteiger partial charge on any atom is 0.262 e. The molecule has 0 saturated carbocycles. The quantitative estimate of drug-likeness (QED) is 0.771. The van der Waals surface area contributed by atoms with Crippen molar-refractivity contribution >= 4 is 42.1 Å². The van der Waals surface area contributed by atoms with Crippen molar-refractivity contribution in [1.29, 1.82) is 0 Å².